The topological polar surface area (TPSA) is 53.0 Å². The number of carbonyl (C=O) groups excluding carboxylic acids is 1. The molecule has 1 fully saturated rings. The quantitative estimate of drug-likeness (QED) is 0.859. The van der Waals surface area contributed by atoms with Crippen LogP contribution < -0.4 is 4.90 Å². The van der Waals surface area contributed by atoms with E-state index in [0.717, 1.165) is 11.3 Å². The number of anilines is 1. The number of aromatic hydroxyl groups is 1. The van der Waals surface area contributed by atoms with E-state index < -0.39 is 5.60 Å². The third-order valence-electron chi connectivity index (χ3n) is 3.59. The Hall–Kier alpha value is -1.62. The molecular formula is C16H23ClN2O3. The molecule has 1 heterocycles. The minimum Gasteiger partial charge on any atom is -0.508 e. The van der Waals surface area contributed by atoms with E-state index in [1.165, 1.54) is 6.07 Å². The van der Waals surface area contributed by atoms with Gasteiger partial charge in [0.2, 0.25) is 0 Å². The van der Waals surface area contributed by atoms with Gasteiger partial charge in [-0.1, -0.05) is 11.6 Å². The molecule has 122 valence electrons. The van der Waals surface area contributed by atoms with Gasteiger partial charge in [0.05, 0.1) is 0 Å². The van der Waals surface area contributed by atoms with Gasteiger partial charge in [0.25, 0.3) is 0 Å². The SMILES string of the molecule is Cc1c(O)cc(Cl)cc1N1CCN(C(=O)OC(C)(C)C)CC1. The van der Waals surface area contributed by atoms with E-state index in [4.69, 9.17) is 16.3 Å². The first-order valence-electron chi connectivity index (χ1n) is 7.39. The molecule has 0 spiro atoms. The molecule has 0 atom stereocenters. The van der Waals surface area contributed by atoms with Crippen molar-refractivity contribution in [3.8, 4) is 5.75 Å². The molecule has 22 heavy (non-hydrogen) atoms. The number of nitrogens with zero attached hydrogens (tertiary/aromatic N) is 2. The summed E-state index contributed by atoms with van der Waals surface area (Å²) in [4.78, 5) is 15.9. The Morgan fingerprint density at radius 2 is 1.82 bits per heavy atom. The van der Waals surface area contributed by atoms with Crippen LogP contribution >= 0.6 is 11.6 Å². The Bertz CT molecular complexity index is 561. The Balaban J connectivity index is 2.02. The van der Waals surface area contributed by atoms with Gasteiger partial charge < -0.3 is 19.6 Å². The highest BCUT2D eigenvalue weighted by Crippen LogP contribution is 2.32. The van der Waals surface area contributed by atoms with Crippen molar-refractivity contribution in [1.29, 1.82) is 0 Å². The van der Waals surface area contributed by atoms with E-state index in [1.54, 1.807) is 4.90 Å². The maximum atomic E-state index is 12.1. The summed E-state index contributed by atoms with van der Waals surface area (Å²) in [6, 6.07) is 3.39. The predicted molar refractivity (Wildman–Crippen MR) is 87.9 cm³/mol. The number of piperazine rings is 1. The van der Waals surface area contributed by atoms with Crippen molar-refractivity contribution in [3.63, 3.8) is 0 Å². The maximum Gasteiger partial charge on any atom is 0.410 e. The first-order chi connectivity index (χ1) is 10.2. The molecule has 1 saturated heterocycles. The normalized spacial score (nSPS) is 15.9. The van der Waals surface area contributed by atoms with Gasteiger partial charge in [0.15, 0.2) is 0 Å². The Labute approximate surface area is 136 Å². The van der Waals surface area contributed by atoms with Crippen molar-refractivity contribution < 1.29 is 14.6 Å². The van der Waals surface area contributed by atoms with Crippen LogP contribution in [0.5, 0.6) is 5.75 Å². The van der Waals surface area contributed by atoms with Crippen LogP contribution in [-0.2, 0) is 4.74 Å². The average Bonchev–Trinajstić information content (AvgIpc) is 2.41. The molecule has 0 radical (unpaired) electrons. The lowest BCUT2D eigenvalue weighted by molar-refractivity contribution is 0.0240. The van der Waals surface area contributed by atoms with Crippen LogP contribution in [0.25, 0.3) is 0 Å². The molecule has 0 unspecified atom stereocenters. The highest BCUT2D eigenvalue weighted by molar-refractivity contribution is 6.31. The van der Waals surface area contributed by atoms with Crippen molar-refractivity contribution >= 4 is 23.4 Å². The highest BCUT2D eigenvalue weighted by atomic mass is 35.5. The lowest BCUT2D eigenvalue weighted by atomic mass is 10.1. The highest BCUT2D eigenvalue weighted by Gasteiger charge is 2.26. The van der Waals surface area contributed by atoms with Crippen LogP contribution in [0.1, 0.15) is 26.3 Å². The Morgan fingerprint density at radius 1 is 1.23 bits per heavy atom. The lowest BCUT2D eigenvalue weighted by Crippen LogP contribution is -2.50. The maximum absolute atomic E-state index is 12.1. The first kappa shape index (κ1) is 16.7. The number of hydrogen-bond donors (Lipinski definition) is 1. The van der Waals surface area contributed by atoms with Crippen molar-refractivity contribution in [1.82, 2.24) is 4.90 Å². The van der Waals surface area contributed by atoms with Gasteiger partial charge in [-0.05, 0) is 39.8 Å². The summed E-state index contributed by atoms with van der Waals surface area (Å²) in [6.45, 7) is 9.97. The lowest BCUT2D eigenvalue weighted by Gasteiger charge is -2.37. The monoisotopic (exact) mass is 326 g/mol. The van der Waals surface area contributed by atoms with Crippen LogP contribution in [0, 0.1) is 6.92 Å². The molecule has 0 saturated carbocycles. The molecule has 1 aromatic carbocycles. The van der Waals surface area contributed by atoms with E-state index >= 15 is 0 Å². The number of amides is 1. The smallest absolute Gasteiger partial charge is 0.410 e. The molecule has 1 N–H and O–H groups in total. The molecule has 0 bridgehead atoms. The van der Waals surface area contributed by atoms with Crippen molar-refractivity contribution in [3.05, 3.63) is 22.7 Å². The van der Waals surface area contributed by atoms with Gasteiger partial charge in [-0.2, -0.15) is 0 Å². The summed E-state index contributed by atoms with van der Waals surface area (Å²) in [7, 11) is 0. The molecule has 0 aliphatic carbocycles. The van der Waals surface area contributed by atoms with E-state index in [9.17, 15) is 9.90 Å². The van der Waals surface area contributed by atoms with Gasteiger partial charge >= 0.3 is 6.09 Å². The second-order valence-corrected chi connectivity index (χ2v) is 6.96. The van der Waals surface area contributed by atoms with E-state index in [1.807, 2.05) is 33.8 Å². The third-order valence-corrected chi connectivity index (χ3v) is 3.81. The zero-order chi connectivity index (χ0) is 16.5. The number of hydrogen-bond acceptors (Lipinski definition) is 4. The zero-order valence-corrected chi connectivity index (χ0v) is 14.3. The van der Waals surface area contributed by atoms with E-state index in [0.29, 0.717) is 31.2 Å². The Morgan fingerprint density at radius 3 is 2.36 bits per heavy atom. The summed E-state index contributed by atoms with van der Waals surface area (Å²) in [5.74, 6) is 0.192. The molecule has 1 amide bonds. The minimum atomic E-state index is -0.483. The third kappa shape index (κ3) is 3.97. The molecule has 5 nitrogen and oxygen atoms in total. The second-order valence-electron chi connectivity index (χ2n) is 6.52. The number of carbonyl (C=O) groups is 1. The van der Waals surface area contributed by atoms with Gasteiger partial charge in [-0.15, -0.1) is 0 Å². The summed E-state index contributed by atoms with van der Waals surface area (Å²) in [5, 5.41) is 10.4. The van der Waals surface area contributed by atoms with Crippen LogP contribution in [0.2, 0.25) is 5.02 Å². The number of halogens is 1. The van der Waals surface area contributed by atoms with E-state index in [-0.39, 0.29) is 11.8 Å². The Kier molecular flexibility index (Phi) is 4.75. The fourth-order valence-electron chi connectivity index (χ4n) is 2.44. The van der Waals surface area contributed by atoms with Crippen molar-refractivity contribution in [2.75, 3.05) is 31.1 Å². The second kappa shape index (κ2) is 6.24. The number of ether oxygens (including phenoxy) is 1. The average molecular weight is 327 g/mol. The number of phenols is 1. The summed E-state index contributed by atoms with van der Waals surface area (Å²) in [6.07, 6.45) is -0.280. The standard InChI is InChI=1S/C16H23ClN2O3/c1-11-13(9-12(17)10-14(11)20)18-5-7-19(8-6-18)15(21)22-16(2,3)4/h9-10,20H,5-8H2,1-4H3. The van der Waals surface area contributed by atoms with Crippen LogP contribution in [-0.4, -0.2) is 47.9 Å². The summed E-state index contributed by atoms with van der Waals surface area (Å²) in [5.41, 5.74) is 1.23. The molecule has 1 aliphatic heterocycles. The van der Waals surface area contributed by atoms with Gasteiger partial charge in [0, 0.05) is 42.5 Å². The fraction of sp³-hybridized carbons (Fsp3) is 0.562. The van der Waals surface area contributed by atoms with Crippen LogP contribution in [0.15, 0.2) is 12.1 Å². The number of benzene rings is 1. The molecular weight excluding hydrogens is 304 g/mol. The van der Waals surface area contributed by atoms with Gasteiger partial charge in [-0.25, -0.2) is 4.79 Å². The predicted octanol–water partition coefficient (Wildman–Crippen LogP) is 3.41. The van der Waals surface area contributed by atoms with Crippen molar-refractivity contribution in [2.45, 2.75) is 33.3 Å². The van der Waals surface area contributed by atoms with Gasteiger partial charge in [0.1, 0.15) is 11.4 Å². The summed E-state index contributed by atoms with van der Waals surface area (Å²) < 4.78 is 5.39. The van der Waals surface area contributed by atoms with Crippen LogP contribution in [0.3, 0.4) is 0 Å². The van der Waals surface area contributed by atoms with Crippen molar-refractivity contribution in [2.24, 2.45) is 0 Å². The van der Waals surface area contributed by atoms with Gasteiger partial charge in [-0.3, -0.25) is 0 Å². The molecule has 6 heteroatoms. The largest absolute Gasteiger partial charge is 0.508 e. The zero-order valence-electron chi connectivity index (χ0n) is 13.5. The summed E-state index contributed by atoms with van der Waals surface area (Å²) >= 11 is 6.02. The number of phenolic OH excluding ortho intramolecular Hbond substituents is 1. The fourth-order valence-corrected chi connectivity index (χ4v) is 2.64. The van der Waals surface area contributed by atoms with Crippen LogP contribution in [0.4, 0.5) is 10.5 Å². The number of rotatable bonds is 1. The molecule has 1 aliphatic rings. The molecule has 1 aromatic rings. The van der Waals surface area contributed by atoms with E-state index in [2.05, 4.69) is 4.90 Å². The molecule has 2 rings (SSSR count). The first-order valence-corrected chi connectivity index (χ1v) is 7.77. The minimum absolute atomic E-state index is 0.192. The molecule has 0 aromatic heterocycles.